The quantitative estimate of drug-likeness (QED) is 0.403. The number of piperazine rings is 1. The first-order valence-corrected chi connectivity index (χ1v) is 9.66. The number of para-hydroxylation sites is 2. The van der Waals surface area contributed by atoms with Crippen LogP contribution in [-0.4, -0.2) is 63.6 Å². The number of pyridine rings is 2. The minimum absolute atomic E-state index is 0.317. The Morgan fingerprint density at radius 2 is 1.83 bits per heavy atom. The van der Waals surface area contributed by atoms with E-state index < -0.39 is 5.91 Å². The average Bonchev–Trinajstić information content (AvgIpc) is 3.12. The van der Waals surface area contributed by atoms with Crippen LogP contribution in [0.15, 0.2) is 36.4 Å². The number of carbonyl (C=O) groups excluding carboxylic acids is 1. The fraction of sp³-hybridized carbons (Fsp3) is 0.286. The standard InChI is InChI=1S/C21H22N6O2/c1-13-11-18(26-9-7-25(2)8-10-26)14-12-15(21(28)24-29)20-23-16-5-3-4-6-17(16)27(20)19(14)22-13/h3-6,11-12,29H,7-10H2,1-2H3,(H,24,28). The van der Waals surface area contributed by atoms with E-state index in [0.29, 0.717) is 11.2 Å². The van der Waals surface area contributed by atoms with Crippen molar-refractivity contribution in [2.24, 2.45) is 0 Å². The molecule has 8 nitrogen and oxygen atoms in total. The summed E-state index contributed by atoms with van der Waals surface area (Å²) in [5, 5.41) is 10.2. The minimum Gasteiger partial charge on any atom is -0.368 e. The molecule has 0 bridgehead atoms. The van der Waals surface area contributed by atoms with Gasteiger partial charge in [0.05, 0.1) is 16.6 Å². The van der Waals surface area contributed by atoms with Gasteiger partial charge < -0.3 is 9.80 Å². The zero-order valence-electron chi connectivity index (χ0n) is 16.4. The van der Waals surface area contributed by atoms with Crippen LogP contribution in [0.4, 0.5) is 5.69 Å². The van der Waals surface area contributed by atoms with Gasteiger partial charge in [0.15, 0.2) is 5.65 Å². The lowest BCUT2D eigenvalue weighted by Gasteiger charge is -2.34. The van der Waals surface area contributed by atoms with Crippen LogP contribution in [0.2, 0.25) is 0 Å². The van der Waals surface area contributed by atoms with Gasteiger partial charge in [-0.1, -0.05) is 12.1 Å². The van der Waals surface area contributed by atoms with Crippen LogP contribution < -0.4 is 10.4 Å². The molecule has 0 aliphatic carbocycles. The molecule has 5 rings (SSSR count). The molecule has 148 valence electrons. The molecule has 29 heavy (non-hydrogen) atoms. The Bertz CT molecular complexity index is 1260. The first-order valence-electron chi connectivity index (χ1n) is 9.66. The van der Waals surface area contributed by atoms with E-state index in [4.69, 9.17) is 4.98 Å². The summed E-state index contributed by atoms with van der Waals surface area (Å²) in [7, 11) is 2.12. The molecule has 2 N–H and O–H groups in total. The second-order valence-corrected chi connectivity index (χ2v) is 7.57. The monoisotopic (exact) mass is 390 g/mol. The molecule has 0 radical (unpaired) electrons. The highest BCUT2D eigenvalue weighted by Gasteiger charge is 2.23. The van der Waals surface area contributed by atoms with Gasteiger partial charge in [0.2, 0.25) is 0 Å². The van der Waals surface area contributed by atoms with Crippen molar-refractivity contribution in [3.05, 3.63) is 47.7 Å². The van der Waals surface area contributed by atoms with Crippen molar-refractivity contribution in [1.82, 2.24) is 24.7 Å². The maximum Gasteiger partial charge on any atom is 0.278 e. The number of aromatic nitrogens is 3. The Morgan fingerprint density at radius 3 is 2.59 bits per heavy atom. The molecular weight excluding hydrogens is 368 g/mol. The molecule has 1 amide bonds. The number of hydroxylamine groups is 1. The largest absolute Gasteiger partial charge is 0.368 e. The van der Waals surface area contributed by atoms with Crippen LogP contribution in [0.5, 0.6) is 0 Å². The number of aryl methyl sites for hydroxylation is 1. The second-order valence-electron chi connectivity index (χ2n) is 7.57. The first-order chi connectivity index (χ1) is 14.1. The molecule has 1 aromatic carbocycles. The van der Waals surface area contributed by atoms with E-state index in [1.54, 1.807) is 11.5 Å². The molecule has 1 fully saturated rings. The van der Waals surface area contributed by atoms with Crippen molar-refractivity contribution in [2.45, 2.75) is 6.92 Å². The van der Waals surface area contributed by atoms with Crippen LogP contribution in [-0.2, 0) is 0 Å². The fourth-order valence-electron chi connectivity index (χ4n) is 4.12. The summed E-state index contributed by atoms with van der Waals surface area (Å²) < 4.78 is 1.92. The summed E-state index contributed by atoms with van der Waals surface area (Å²) in [5.41, 5.74) is 6.93. The number of hydrogen-bond donors (Lipinski definition) is 2. The predicted octanol–water partition coefficient (Wildman–Crippen LogP) is 2.21. The summed E-state index contributed by atoms with van der Waals surface area (Å²) in [5.74, 6) is -0.586. The molecule has 0 unspecified atom stereocenters. The first kappa shape index (κ1) is 17.8. The molecule has 1 aliphatic rings. The number of hydrogen-bond acceptors (Lipinski definition) is 6. The van der Waals surface area contributed by atoms with Gasteiger partial charge in [-0.15, -0.1) is 0 Å². The highest BCUT2D eigenvalue weighted by atomic mass is 16.5. The van der Waals surface area contributed by atoms with Gasteiger partial charge in [0.25, 0.3) is 5.91 Å². The molecule has 1 aliphatic heterocycles. The molecule has 4 heterocycles. The van der Waals surface area contributed by atoms with Gasteiger partial charge in [-0.3, -0.25) is 14.4 Å². The van der Waals surface area contributed by atoms with Crippen LogP contribution in [0.1, 0.15) is 16.1 Å². The van der Waals surface area contributed by atoms with E-state index in [9.17, 15) is 10.0 Å². The molecule has 0 atom stereocenters. The summed E-state index contributed by atoms with van der Waals surface area (Å²) >= 11 is 0. The minimum atomic E-state index is -0.586. The Hall–Kier alpha value is -3.23. The van der Waals surface area contributed by atoms with E-state index in [2.05, 4.69) is 27.9 Å². The molecule has 0 spiro atoms. The fourth-order valence-corrected chi connectivity index (χ4v) is 4.12. The number of fused-ring (bicyclic) bond motifs is 5. The second kappa shape index (κ2) is 6.68. The number of nitrogens with one attached hydrogen (secondary N) is 1. The summed E-state index contributed by atoms with van der Waals surface area (Å²) in [6.07, 6.45) is 0. The van der Waals surface area contributed by atoms with Crippen LogP contribution in [0.25, 0.3) is 27.7 Å². The van der Waals surface area contributed by atoms with Crippen molar-refractivity contribution >= 4 is 39.3 Å². The number of likely N-dealkylation sites (N-methyl/N-ethyl adjacent to an activating group) is 1. The van der Waals surface area contributed by atoms with Gasteiger partial charge in [0, 0.05) is 42.9 Å². The SMILES string of the molecule is Cc1cc(N2CCN(C)CC2)c2cc(C(=O)NO)c3nc4ccccc4n3c2n1. The smallest absolute Gasteiger partial charge is 0.278 e. The van der Waals surface area contributed by atoms with Crippen molar-refractivity contribution in [1.29, 1.82) is 0 Å². The lowest BCUT2D eigenvalue weighted by Crippen LogP contribution is -2.44. The third-order valence-corrected chi connectivity index (χ3v) is 5.64. The van der Waals surface area contributed by atoms with Gasteiger partial charge in [-0.25, -0.2) is 15.4 Å². The molecule has 4 aromatic rings. The highest BCUT2D eigenvalue weighted by molar-refractivity contribution is 6.07. The predicted molar refractivity (Wildman–Crippen MR) is 112 cm³/mol. The molecule has 0 saturated carbocycles. The van der Waals surface area contributed by atoms with Crippen LogP contribution >= 0.6 is 0 Å². The summed E-state index contributed by atoms with van der Waals surface area (Å²) in [6.45, 7) is 5.74. The van der Waals surface area contributed by atoms with Gasteiger partial charge in [-0.2, -0.15) is 0 Å². The Balaban J connectivity index is 1.89. The lowest BCUT2D eigenvalue weighted by molar-refractivity contribution is 0.0708. The number of nitrogens with zero attached hydrogens (tertiary/aromatic N) is 5. The van der Waals surface area contributed by atoms with Crippen molar-refractivity contribution in [2.75, 3.05) is 38.1 Å². The van der Waals surface area contributed by atoms with E-state index in [-0.39, 0.29) is 0 Å². The molecule has 3 aromatic heterocycles. The lowest BCUT2D eigenvalue weighted by atomic mass is 10.1. The summed E-state index contributed by atoms with van der Waals surface area (Å²) in [6, 6.07) is 11.6. The number of carbonyl (C=O) groups is 1. The van der Waals surface area contributed by atoms with E-state index in [1.807, 2.05) is 35.6 Å². The molecule has 8 heteroatoms. The number of benzene rings is 1. The third kappa shape index (κ3) is 2.80. The number of anilines is 1. The topological polar surface area (TPSA) is 86.0 Å². The third-order valence-electron chi connectivity index (χ3n) is 5.64. The van der Waals surface area contributed by atoms with Crippen molar-refractivity contribution in [3.63, 3.8) is 0 Å². The van der Waals surface area contributed by atoms with E-state index >= 15 is 0 Å². The number of imidazole rings is 1. The zero-order chi connectivity index (χ0) is 20.1. The van der Waals surface area contributed by atoms with Crippen LogP contribution in [0, 0.1) is 6.92 Å². The Morgan fingerprint density at radius 1 is 1.07 bits per heavy atom. The normalized spacial score (nSPS) is 15.5. The average molecular weight is 390 g/mol. The maximum absolute atomic E-state index is 12.5. The Kier molecular flexibility index (Phi) is 4.11. The zero-order valence-corrected chi connectivity index (χ0v) is 16.4. The molecular formula is C21H22N6O2. The Labute approximate surface area is 167 Å². The highest BCUT2D eigenvalue weighted by Crippen LogP contribution is 2.32. The molecule has 1 saturated heterocycles. The maximum atomic E-state index is 12.5. The van der Waals surface area contributed by atoms with E-state index in [1.165, 1.54) is 0 Å². The van der Waals surface area contributed by atoms with Gasteiger partial charge >= 0.3 is 0 Å². The van der Waals surface area contributed by atoms with Gasteiger partial charge in [0.1, 0.15) is 5.65 Å². The van der Waals surface area contributed by atoms with Crippen molar-refractivity contribution in [3.8, 4) is 0 Å². The van der Waals surface area contributed by atoms with Gasteiger partial charge in [-0.05, 0) is 38.2 Å². The van der Waals surface area contributed by atoms with E-state index in [0.717, 1.165) is 59.6 Å². The summed E-state index contributed by atoms with van der Waals surface area (Å²) in [4.78, 5) is 26.6. The van der Waals surface area contributed by atoms with Crippen LogP contribution in [0.3, 0.4) is 0 Å². The number of rotatable bonds is 2. The number of amides is 1. The van der Waals surface area contributed by atoms with Crippen molar-refractivity contribution < 1.29 is 10.0 Å².